The van der Waals surface area contributed by atoms with E-state index in [1.165, 1.54) is 24.3 Å². The zero-order valence-electron chi connectivity index (χ0n) is 22.5. The van der Waals surface area contributed by atoms with E-state index in [4.69, 9.17) is 11.5 Å². The fourth-order valence-electron chi connectivity index (χ4n) is 3.98. The Labute approximate surface area is 232 Å². The summed E-state index contributed by atoms with van der Waals surface area (Å²) in [4.78, 5) is 62.7. The third kappa shape index (κ3) is 10.7. The molecule has 12 nitrogen and oxygen atoms in total. The molecule has 4 amide bonds. The van der Waals surface area contributed by atoms with Crippen LogP contribution < -0.4 is 27.4 Å². The number of aliphatic carboxylic acids is 1. The minimum absolute atomic E-state index is 0.00589. The summed E-state index contributed by atoms with van der Waals surface area (Å²) in [5, 5.41) is 26.6. The average Bonchev–Trinajstić information content (AvgIpc) is 2.88. The van der Waals surface area contributed by atoms with Gasteiger partial charge in [-0.1, -0.05) is 56.3 Å². The zero-order chi connectivity index (χ0) is 29.8. The smallest absolute Gasteiger partial charge is 0.326 e. The van der Waals surface area contributed by atoms with Gasteiger partial charge in [0.05, 0.1) is 12.5 Å². The second-order valence-electron chi connectivity index (χ2n) is 9.99. The number of nitrogens with one attached hydrogen (secondary N) is 3. The van der Waals surface area contributed by atoms with Crippen LogP contribution in [0.2, 0.25) is 0 Å². The van der Waals surface area contributed by atoms with Crippen LogP contribution in [-0.2, 0) is 36.8 Å². The summed E-state index contributed by atoms with van der Waals surface area (Å²) >= 11 is 0. The summed E-state index contributed by atoms with van der Waals surface area (Å²) in [6.45, 7) is 3.75. The van der Waals surface area contributed by atoms with Gasteiger partial charge in [0.2, 0.25) is 23.6 Å². The zero-order valence-corrected chi connectivity index (χ0v) is 22.5. The fourth-order valence-corrected chi connectivity index (χ4v) is 3.98. The number of amides is 4. The molecule has 0 saturated heterocycles. The summed E-state index contributed by atoms with van der Waals surface area (Å²) in [5.41, 5.74) is 12.4. The van der Waals surface area contributed by atoms with Gasteiger partial charge in [0.15, 0.2) is 0 Å². The van der Waals surface area contributed by atoms with Crippen LogP contribution in [0.25, 0.3) is 0 Å². The number of hydrogen-bond acceptors (Lipinski definition) is 7. The predicted octanol–water partition coefficient (Wildman–Crippen LogP) is -0.0348. The average molecular weight is 556 g/mol. The number of aromatic hydroxyl groups is 1. The normalized spacial score (nSPS) is 13.9. The third-order valence-electron chi connectivity index (χ3n) is 6.01. The number of phenolic OH excluding ortho intramolecular Hbond substituents is 1. The molecule has 0 heterocycles. The van der Waals surface area contributed by atoms with Gasteiger partial charge in [0, 0.05) is 12.8 Å². The van der Waals surface area contributed by atoms with E-state index in [1.807, 2.05) is 13.8 Å². The maximum Gasteiger partial charge on any atom is 0.326 e. The number of carbonyl (C=O) groups is 5. The molecule has 0 radical (unpaired) electrons. The van der Waals surface area contributed by atoms with Gasteiger partial charge in [-0.2, -0.15) is 0 Å². The highest BCUT2D eigenvalue weighted by Gasteiger charge is 2.31. The number of benzene rings is 2. The first-order chi connectivity index (χ1) is 18.8. The number of rotatable bonds is 15. The van der Waals surface area contributed by atoms with Crippen LogP contribution in [0, 0.1) is 5.92 Å². The van der Waals surface area contributed by atoms with Crippen molar-refractivity contribution in [2.75, 3.05) is 0 Å². The van der Waals surface area contributed by atoms with Gasteiger partial charge in [0.1, 0.15) is 23.9 Å². The molecule has 0 saturated carbocycles. The van der Waals surface area contributed by atoms with Crippen LogP contribution in [0.5, 0.6) is 5.75 Å². The molecule has 0 aromatic heterocycles. The first-order valence-corrected chi connectivity index (χ1v) is 12.8. The lowest BCUT2D eigenvalue weighted by Crippen LogP contribution is -2.58. The molecular formula is C28H37N5O7. The number of hydrogen-bond donors (Lipinski definition) is 7. The van der Waals surface area contributed by atoms with Crippen molar-refractivity contribution in [3.63, 3.8) is 0 Å². The molecule has 4 unspecified atom stereocenters. The topological polar surface area (TPSA) is 214 Å². The van der Waals surface area contributed by atoms with E-state index < -0.39 is 60.2 Å². The van der Waals surface area contributed by atoms with Gasteiger partial charge in [-0.15, -0.1) is 0 Å². The van der Waals surface area contributed by atoms with Crippen molar-refractivity contribution in [3.05, 3.63) is 65.7 Å². The molecule has 9 N–H and O–H groups in total. The highest BCUT2D eigenvalue weighted by molar-refractivity contribution is 5.96. The van der Waals surface area contributed by atoms with Gasteiger partial charge in [-0.05, 0) is 35.6 Å². The molecule has 216 valence electrons. The summed E-state index contributed by atoms with van der Waals surface area (Å²) in [7, 11) is 0. The monoisotopic (exact) mass is 555 g/mol. The summed E-state index contributed by atoms with van der Waals surface area (Å²) < 4.78 is 0. The SMILES string of the molecule is CC(C)CC(N)C(=O)NC(CC(N)=O)C(=O)NC(Cc1ccccc1)C(=O)NC(Cc1ccc(O)cc1)C(=O)O. The lowest BCUT2D eigenvalue weighted by molar-refractivity contribution is -0.142. The van der Waals surface area contributed by atoms with E-state index in [9.17, 15) is 34.2 Å². The Morgan fingerprint density at radius 3 is 1.80 bits per heavy atom. The molecule has 0 aliphatic heterocycles. The maximum absolute atomic E-state index is 13.3. The van der Waals surface area contributed by atoms with Crippen molar-refractivity contribution < 1.29 is 34.2 Å². The van der Waals surface area contributed by atoms with Crippen molar-refractivity contribution in [3.8, 4) is 5.75 Å². The Morgan fingerprint density at radius 1 is 0.750 bits per heavy atom. The maximum atomic E-state index is 13.3. The minimum atomic E-state index is -1.40. The Hall–Kier alpha value is -4.45. The summed E-state index contributed by atoms with van der Waals surface area (Å²) in [6.07, 6.45) is -0.285. The second kappa shape index (κ2) is 15.2. The molecule has 2 rings (SSSR count). The molecule has 2 aromatic carbocycles. The Balaban J connectivity index is 2.25. The number of phenols is 1. The quantitative estimate of drug-likeness (QED) is 0.158. The highest BCUT2D eigenvalue weighted by Crippen LogP contribution is 2.12. The van der Waals surface area contributed by atoms with Crippen LogP contribution in [-0.4, -0.2) is 64.0 Å². The fraction of sp³-hybridized carbons (Fsp3) is 0.393. The predicted molar refractivity (Wildman–Crippen MR) is 147 cm³/mol. The first kappa shape index (κ1) is 31.8. The van der Waals surface area contributed by atoms with Crippen molar-refractivity contribution in [2.24, 2.45) is 17.4 Å². The van der Waals surface area contributed by atoms with E-state index in [-0.39, 0.29) is 24.5 Å². The molecule has 12 heteroatoms. The lowest BCUT2D eigenvalue weighted by atomic mass is 10.0. The molecule has 0 fully saturated rings. The van der Waals surface area contributed by atoms with Crippen molar-refractivity contribution in [1.29, 1.82) is 0 Å². The van der Waals surface area contributed by atoms with Gasteiger partial charge in [-0.3, -0.25) is 19.2 Å². The molecule has 0 aliphatic carbocycles. The second-order valence-corrected chi connectivity index (χ2v) is 9.99. The largest absolute Gasteiger partial charge is 0.508 e. The van der Waals surface area contributed by atoms with Crippen LogP contribution in [0.4, 0.5) is 0 Å². The van der Waals surface area contributed by atoms with Crippen LogP contribution in [0.1, 0.15) is 37.8 Å². The molecule has 0 aliphatic rings. The molecule has 2 aromatic rings. The molecule has 0 spiro atoms. The summed E-state index contributed by atoms with van der Waals surface area (Å²) in [5.74, 6) is -4.35. The Morgan fingerprint density at radius 2 is 1.25 bits per heavy atom. The Kier molecular flexibility index (Phi) is 12.1. The van der Waals surface area contributed by atoms with Crippen LogP contribution >= 0.6 is 0 Å². The first-order valence-electron chi connectivity index (χ1n) is 12.8. The van der Waals surface area contributed by atoms with E-state index in [2.05, 4.69) is 16.0 Å². The van der Waals surface area contributed by atoms with Gasteiger partial charge < -0.3 is 37.6 Å². The van der Waals surface area contributed by atoms with Gasteiger partial charge >= 0.3 is 5.97 Å². The summed E-state index contributed by atoms with van der Waals surface area (Å²) in [6, 6.07) is 9.63. The van der Waals surface area contributed by atoms with Crippen molar-refractivity contribution in [2.45, 2.75) is 63.7 Å². The number of carboxylic acid groups (broad SMARTS) is 1. The van der Waals surface area contributed by atoms with Crippen LogP contribution in [0.3, 0.4) is 0 Å². The van der Waals surface area contributed by atoms with Gasteiger partial charge in [0.25, 0.3) is 0 Å². The van der Waals surface area contributed by atoms with E-state index >= 15 is 0 Å². The van der Waals surface area contributed by atoms with E-state index in [0.717, 1.165) is 0 Å². The molecular weight excluding hydrogens is 518 g/mol. The number of nitrogens with two attached hydrogens (primary N) is 2. The molecule has 40 heavy (non-hydrogen) atoms. The highest BCUT2D eigenvalue weighted by atomic mass is 16.4. The number of carboxylic acids is 1. The Bertz CT molecular complexity index is 1170. The lowest BCUT2D eigenvalue weighted by Gasteiger charge is -2.25. The standard InChI is InChI=1S/C28H37N5O7/c1-16(2)12-20(29)25(36)31-22(15-24(30)35)27(38)32-21(13-17-6-4-3-5-7-17)26(37)33-23(28(39)40)14-18-8-10-19(34)11-9-18/h3-11,16,20-23,34H,12-15,29H2,1-2H3,(H2,30,35)(H,31,36)(H,32,38)(H,33,37)(H,39,40). The molecule has 4 atom stereocenters. The minimum Gasteiger partial charge on any atom is -0.508 e. The van der Waals surface area contributed by atoms with Crippen molar-refractivity contribution in [1.82, 2.24) is 16.0 Å². The third-order valence-corrected chi connectivity index (χ3v) is 6.01. The van der Waals surface area contributed by atoms with Gasteiger partial charge in [-0.25, -0.2) is 4.79 Å². The molecule has 0 bridgehead atoms. The van der Waals surface area contributed by atoms with Crippen molar-refractivity contribution >= 4 is 29.6 Å². The number of carbonyl (C=O) groups excluding carboxylic acids is 4. The van der Waals surface area contributed by atoms with E-state index in [0.29, 0.717) is 17.5 Å². The van der Waals surface area contributed by atoms with E-state index in [1.54, 1.807) is 30.3 Å². The number of primary amides is 1. The van der Waals surface area contributed by atoms with Crippen LogP contribution in [0.15, 0.2) is 54.6 Å².